The molecule has 2 aromatic carbocycles. The van der Waals surface area contributed by atoms with Gasteiger partial charge >= 0.3 is 0 Å². The van der Waals surface area contributed by atoms with E-state index in [4.69, 9.17) is 4.74 Å². The third-order valence-corrected chi connectivity index (χ3v) is 5.96. The van der Waals surface area contributed by atoms with Crippen LogP contribution in [0.2, 0.25) is 0 Å². The molecule has 9 nitrogen and oxygen atoms in total. The summed E-state index contributed by atoms with van der Waals surface area (Å²) in [5.41, 5.74) is 2.83. The highest BCUT2D eigenvalue weighted by atomic mass is 32.2. The second kappa shape index (κ2) is 9.00. The molecule has 0 aliphatic carbocycles. The number of rotatable bonds is 8. The number of nitrogens with zero attached hydrogens (tertiary/aromatic N) is 2. The van der Waals surface area contributed by atoms with Crippen LogP contribution >= 0.6 is 0 Å². The largest absolute Gasteiger partial charge is 0.481 e. The van der Waals surface area contributed by atoms with Crippen LogP contribution in [0.15, 0.2) is 59.6 Å². The van der Waals surface area contributed by atoms with Crippen LogP contribution in [0.25, 0.3) is 0 Å². The van der Waals surface area contributed by atoms with Gasteiger partial charge in [-0.1, -0.05) is 17.7 Å². The number of anilines is 2. The summed E-state index contributed by atoms with van der Waals surface area (Å²) in [6.45, 7) is 3.96. The topological polar surface area (TPSA) is 123 Å². The van der Waals surface area contributed by atoms with E-state index >= 15 is 0 Å². The highest BCUT2D eigenvalue weighted by Crippen LogP contribution is 2.29. The maximum Gasteiger partial charge on any atom is 0.293 e. The van der Waals surface area contributed by atoms with Gasteiger partial charge in [0.15, 0.2) is 0 Å². The number of ether oxygens (including phenoxy) is 1. The summed E-state index contributed by atoms with van der Waals surface area (Å²) in [6, 6.07) is 12.5. The molecule has 0 atom stereocenters. The molecule has 162 valence electrons. The van der Waals surface area contributed by atoms with Crippen molar-refractivity contribution in [2.24, 2.45) is 0 Å². The minimum absolute atomic E-state index is 0.199. The Labute approximate surface area is 180 Å². The first-order valence-electron chi connectivity index (χ1n) is 9.31. The SMILES string of the molecule is COc1cc(CNc2ccc(S(=O)(=O)Nc3ccc(C)cc3C)cc2[N+](=O)[O-])ccn1. The minimum atomic E-state index is -4.00. The number of nitro benzene ring substituents is 1. The van der Waals surface area contributed by atoms with Crippen LogP contribution in [-0.4, -0.2) is 25.4 Å². The average molecular weight is 442 g/mol. The van der Waals surface area contributed by atoms with Gasteiger partial charge in [0.25, 0.3) is 15.7 Å². The number of hydrogen-bond donors (Lipinski definition) is 2. The molecule has 0 spiro atoms. The van der Waals surface area contributed by atoms with Crippen molar-refractivity contribution in [2.75, 3.05) is 17.1 Å². The zero-order valence-electron chi connectivity index (χ0n) is 17.2. The van der Waals surface area contributed by atoms with Crippen molar-refractivity contribution in [3.8, 4) is 5.88 Å². The highest BCUT2D eigenvalue weighted by molar-refractivity contribution is 7.92. The maximum atomic E-state index is 12.8. The fourth-order valence-electron chi connectivity index (χ4n) is 2.98. The number of benzene rings is 2. The monoisotopic (exact) mass is 442 g/mol. The van der Waals surface area contributed by atoms with Crippen LogP contribution < -0.4 is 14.8 Å². The molecule has 0 aliphatic heterocycles. The molecule has 0 aliphatic rings. The molecule has 3 rings (SSSR count). The van der Waals surface area contributed by atoms with Crippen molar-refractivity contribution >= 4 is 27.1 Å². The lowest BCUT2D eigenvalue weighted by Gasteiger charge is -2.13. The molecule has 0 saturated heterocycles. The second-order valence-corrected chi connectivity index (χ2v) is 8.60. The van der Waals surface area contributed by atoms with Gasteiger partial charge in [-0.2, -0.15) is 0 Å². The third kappa shape index (κ3) is 5.28. The summed E-state index contributed by atoms with van der Waals surface area (Å²) < 4.78 is 33.2. The number of hydrogen-bond acceptors (Lipinski definition) is 7. The number of methoxy groups -OCH3 is 1. The Hall–Kier alpha value is -3.66. The summed E-state index contributed by atoms with van der Waals surface area (Å²) in [7, 11) is -2.51. The summed E-state index contributed by atoms with van der Waals surface area (Å²) in [5, 5.41) is 14.5. The van der Waals surface area contributed by atoms with Gasteiger partial charge in [0.05, 0.1) is 22.6 Å². The number of sulfonamides is 1. The van der Waals surface area contributed by atoms with Gasteiger partial charge in [-0.25, -0.2) is 13.4 Å². The van der Waals surface area contributed by atoms with Gasteiger partial charge in [0.1, 0.15) is 5.69 Å². The van der Waals surface area contributed by atoms with Crippen LogP contribution in [0.5, 0.6) is 5.88 Å². The first-order valence-corrected chi connectivity index (χ1v) is 10.8. The van der Waals surface area contributed by atoms with Gasteiger partial charge < -0.3 is 10.1 Å². The van der Waals surface area contributed by atoms with E-state index in [1.54, 1.807) is 37.4 Å². The standard InChI is InChI=1S/C21H22N4O5S/c1-14-4-6-18(15(2)10-14)24-31(28,29)17-5-7-19(20(12-17)25(26)27)23-13-16-8-9-22-21(11-16)30-3/h4-12,23-24H,13H2,1-3H3. The molecule has 3 aromatic rings. The van der Waals surface area contributed by atoms with Gasteiger partial charge in [0.2, 0.25) is 5.88 Å². The van der Waals surface area contributed by atoms with E-state index < -0.39 is 14.9 Å². The molecule has 0 unspecified atom stereocenters. The van der Waals surface area contributed by atoms with Gasteiger partial charge in [-0.3, -0.25) is 14.8 Å². The Bertz CT molecular complexity index is 1230. The quantitative estimate of drug-likeness (QED) is 0.399. The predicted molar refractivity (Wildman–Crippen MR) is 118 cm³/mol. The van der Waals surface area contributed by atoms with E-state index in [0.29, 0.717) is 11.6 Å². The molecule has 2 N–H and O–H groups in total. The number of nitrogens with one attached hydrogen (secondary N) is 2. The average Bonchev–Trinajstić information content (AvgIpc) is 2.74. The number of aryl methyl sites for hydroxylation is 2. The summed E-state index contributed by atoms with van der Waals surface area (Å²) in [6.07, 6.45) is 1.57. The molecule has 1 heterocycles. The first-order chi connectivity index (χ1) is 14.7. The summed E-state index contributed by atoms with van der Waals surface area (Å²) in [4.78, 5) is 14.8. The lowest BCUT2D eigenvalue weighted by atomic mass is 10.1. The summed E-state index contributed by atoms with van der Waals surface area (Å²) in [5.74, 6) is 0.424. The van der Waals surface area contributed by atoms with Crippen LogP contribution in [0, 0.1) is 24.0 Å². The molecule has 0 bridgehead atoms. The van der Waals surface area contributed by atoms with E-state index in [2.05, 4.69) is 15.0 Å². The van der Waals surface area contributed by atoms with Crippen molar-refractivity contribution in [1.29, 1.82) is 0 Å². The van der Waals surface area contributed by atoms with E-state index in [0.717, 1.165) is 22.8 Å². The van der Waals surface area contributed by atoms with Crippen LogP contribution in [0.1, 0.15) is 16.7 Å². The Morgan fingerprint density at radius 2 is 1.81 bits per heavy atom. The molecule has 1 aromatic heterocycles. The Morgan fingerprint density at radius 3 is 2.48 bits per heavy atom. The zero-order valence-corrected chi connectivity index (χ0v) is 18.1. The van der Waals surface area contributed by atoms with Crippen LogP contribution in [-0.2, 0) is 16.6 Å². The smallest absolute Gasteiger partial charge is 0.293 e. The van der Waals surface area contributed by atoms with E-state index in [-0.39, 0.29) is 22.8 Å². The highest BCUT2D eigenvalue weighted by Gasteiger charge is 2.22. The number of pyridine rings is 1. The van der Waals surface area contributed by atoms with Crippen molar-refractivity contribution in [3.05, 3.63) is 81.5 Å². The molecule has 0 radical (unpaired) electrons. The second-order valence-electron chi connectivity index (χ2n) is 6.92. The number of aromatic nitrogens is 1. The molecule has 0 fully saturated rings. The lowest BCUT2D eigenvalue weighted by Crippen LogP contribution is -2.14. The van der Waals surface area contributed by atoms with Crippen LogP contribution in [0.3, 0.4) is 0 Å². The minimum Gasteiger partial charge on any atom is -0.481 e. The Balaban J connectivity index is 1.86. The first kappa shape index (κ1) is 22.0. The van der Waals surface area contributed by atoms with Crippen molar-refractivity contribution in [2.45, 2.75) is 25.3 Å². The lowest BCUT2D eigenvalue weighted by molar-refractivity contribution is -0.384. The normalized spacial score (nSPS) is 11.1. The molecule has 31 heavy (non-hydrogen) atoms. The van der Waals surface area contributed by atoms with E-state index in [9.17, 15) is 18.5 Å². The Morgan fingerprint density at radius 1 is 1.06 bits per heavy atom. The fraction of sp³-hybridized carbons (Fsp3) is 0.190. The van der Waals surface area contributed by atoms with E-state index in [1.165, 1.54) is 19.2 Å². The van der Waals surface area contributed by atoms with E-state index in [1.807, 2.05) is 13.0 Å². The fourth-order valence-corrected chi connectivity index (χ4v) is 4.13. The maximum absolute atomic E-state index is 12.8. The van der Waals surface area contributed by atoms with Crippen LogP contribution in [0.4, 0.5) is 17.1 Å². The van der Waals surface area contributed by atoms with Crippen molar-refractivity contribution < 1.29 is 18.1 Å². The van der Waals surface area contributed by atoms with Gasteiger partial charge in [-0.15, -0.1) is 0 Å². The molecule has 0 amide bonds. The van der Waals surface area contributed by atoms with Crippen molar-refractivity contribution in [3.63, 3.8) is 0 Å². The Kier molecular flexibility index (Phi) is 6.40. The molecular weight excluding hydrogens is 420 g/mol. The zero-order chi connectivity index (χ0) is 22.6. The molecule has 0 saturated carbocycles. The molecule has 10 heteroatoms. The summed E-state index contributed by atoms with van der Waals surface area (Å²) >= 11 is 0. The predicted octanol–water partition coefficient (Wildman–Crippen LogP) is 4.03. The number of nitro groups is 1. The van der Waals surface area contributed by atoms with Crippen molar-refractivity contribution in [1.82, 2.24) is 4.98 Å². The molecular formula is C21H22N4O5S. The van der Waals surface area contributed by atoms with Gasteiger partial charge in [0, 0.05) is 24.9 Å². The third-order valence-electron chi connectivity index (χ3n) is 4.59. The van der Waals surface area contributed by atoms with Gasteiger partial charge in [-0.05, 0) is 49.2 Å².